The van der Waals surface area contributed by atoms with Crippen molar-refractivity contribution in [2.24, 2.45) is 11.8 Å². The van der Waals surface area contributed by atoms with Crippen molar-refractivity contribution < 1.29 is 9.53 Å². The van der Waals surface area contributed by atoms with Crippen LogP contribution < -0.4 is 0 Å². The number of carbonyl (C=O) groups is 1. The molecule has 0 N–H and O–H groups in total. The predicted octanol–water partition coefficient (Wildman–Crippen LogP) is 1.70. The van der Waals surface area contributed by atoms with Crippen LogP contribution >= 0.6 is 0 Å². The van der Waals surface area contributed by atoms with Crippen molar-refractivity contribution in [1.82, 2.24) is 0 Å². The second-order valence-corrected chi connectivity index (χ2v) is 4.35. The second kappa shape index (κ2) is 2.68. The SMILES string of the molecule is O=C1CCCCC2C3C=CC(O3)C12. The van der Waals surface area contributed by atoms with Crippen LogP contribution in [-0.2, 0) is 9.53 Å². The monoisotopic (exact) mass is 178 g/mol. The number of carbonyl (C=O) groups excluding carboxylic acids is 1. The first-order chi connectivity index (χ1) is 6.36. The normalized spacial score (nSPS) is 47.8. The van der Waals surface area contributed by atoms with E-state index in [-0.39, 0.29) is 18.1 Å². The van der Waals surface area contributed by atoms with E-state index in [9.17, 15) is 4.79 Å². The summed E-state index contributed by atoms with van der Waals surface area (Å²) in [6.45, 7) is 0. The third-order valence-corrected chi connectivity index (χ3v) is 3.62. The van der Waals surface area contributed by atoms with E-state index in [1.165, 1.54) is 12.8 Å². The van der Waals surface area contributed by atoms with Gasteiger partial charge in [0.05, 0.1) is 18.1 Å². The zero-order valence-electron chi connectivity index (χ0n) is 7.61. The topological polar surface area (TPSA) is 26.3 Å². The lowest BCUT2D eigenvalue weighted by Crippen LogP contribution is -2.29. The summed E-state index contributed by atoms with van der Waals surface area (Å²) >= 11 is 0. The molecular formula is C11H14O2. The first-order valence-corrected chi connectivity index (χ1v) is 5.23. The highest BCUT2D eigenvalue weighted by Gasteiger charge is 2.49. The molecule has 3 aliphatic rings. The van der Waals surface area contributed by atoms with Crippen molar-refractivity contribution in [1.29, 1.82) is 0 Å². The molecule has 0 radical (unpaired) electrons. The summed E-state index contributed by atoms with van der Waals surface area (Å²) in [5.41, 5.74) is 0. The highest BCUT2D eigenvalue weighted by Crippen LogP contribution is 2.44. The molecule has 0 aromatic heterocycles. The van der Waals surface area contributed by atoms with Crippen LogP contribution in [0.3, 0.4) is 0 Å². The Bertz CT molecular complexity index is 269. The van der Waals surface area contributed by atoms with Gasteiger partial charge >= 0.3 is 0 Å². The van der Waals surface area contributed by atoms with Gasteiger partial charge in [0.2, 0.25) is 0 Å². The van der Waals surface area contributed by atoms with Gasteiger partial charge in [0.15, 0.2) is 0 Å². The Morgan fingerprint density at radius 3 is 3.00 bits per heavy atom. The molecule has 4 atom stereocenters. The molecule has 2 fully saturated rings. The van der Waals surface area contributed by atoms with Gasteiger partial charge in [-0.15, -0.1) is 0 Å². The van der Waals surface area contributed by atoms with Gasteiger partial charge in [0.1, 0.15) is 5.78 Å². The van der Waals surface area contributed by atoms with Gasteiger partial charge in [0.25, 0.3) is 0 Å². The van der Waals surface area contributed by atoms with Gasteiger partial charge in [-0.25, -0.2) is 0 Å². The van der Waals surface area contributed by atoms with E-state index in [0.29, 0.717) is 11.7 Å². The number of rotatable bonds is 0. The van der Waals surface area contributed by atoms with Crippen molar-refractivity contribution in [3.05, 3.63) is 12.2 Å². The lowest BCUT2D eigenvalue weighted by molar-refractivity contribution is -0.124. The van der Waals surface area contributed by atoms with Crippen LogP contribution in [0, 0.1) is 11.8 Å². The Morgan fingerprint density at radius 2 is 2.08 bits per heavy atom. The van der Waals surface area contributed by atoms with Crippen LogP contribution in [0.2, 0.25) is 0 Å². The lowest BCUT2D eigenvalue weighted by atomic mass is 9.79. The molecule has 4 unspecified atom stereocenters. The number of ketones is 1. The van der Waals surface area contributed by atoms with Crippen molar-refractivity contribution in [2.45, 2.75) is 37.9 Å². The average Bonchev–Trinajstić information content (AvgIpc) is 2.66. The zero-order valence-corrected chi connectivity index (χ0v) is 7.61. The van der Waals surface area contributed by atoms with E-state index >= 15 is 0 Å². The summed E-state index contributed by atoms with van der Waals surface area (Å²) in [6, 6.07) is 0. The molecule has 3 rings (SSSR count). The fourth-order valence-electron chi connectivity index (χ4n) is 3.00. The Kier molecular flexibility index (Phi) is 1.59. The van der Waals surface area contributed by atoms with Crippen LogP contribution in [0.25, 0.3) is 0 Å². The van der Waals surface area contributed by atoms with Gasteiger partial charge in [0, 0.05) is 12.3 Å². The van der Waals surface area contributed by atoms with Gasteiger partial charge in [-0.05, 0) is 12.8 Å². The van der Waals surface area contributed by atoms with Gasteiger partial charge in [-0.1, -0.05) is 18.6 Å². The summed E-state index contributed by atoms with van der Waals surface area (Å²) in [6.07, 6.45) is 8.86. The summed E-state index contributed by atoms with van der Waals surface area (Å²) in [5.74, 6) is 1.15. The quantitative estimate of drug-likeness (QED) is 0.528. The maximum Gasteiger partial charge on any atom is 0.139 e. The van der Waals surface area contributed by atoms with E-state index in [1.807, 2.05) is 0 Å². The molecule has 2 aliphatic heterocycles. The van der Waals surface area contributed by atoms with Crippen molar-refractivity contribution in [2.75, 3.05) is 0 Å². The summed E-state index contributed by atoms with van der Waals surface area (Å²) in [5, 5.41) is 0. The highest BCUT2D eigenvalue weighted by atomic mass is 16.5. The molecule has 2 heterocycles. The molecule has 1 saturated heterocycles. The highest BCUT2D eigenvalue weighted by molar-refractivity contribution is 5.83. The molecule has 2 heteroatoms. The maximum atomic E-state index is 11.8. The first-order valence-electron chi connectivity index (χ1n) is 5.23. The van der Waals surface area contributed by atoms with Crippen LogP contribution in [0.1, 0.15) is 25.7 Å². The number of hydrogen-bond acceptors (Lipinski definition) is 2. The Hall–Kier alpha value is -0.630. The van der Waals surface area contributed by atoms with Crippen molar-refractivity contribution in [3.63, 3.8) is 0 Å². The fraction of sp³-hybridized carbons (Fsp3) is 0.727. The van der Waals surface area contributed by atoms with Crippen LogP contribution in [0.5, 0.6) is 0 Å². The minimum Gasteiger partial charge on any atom is -0.366 e. The second-order valence-electron chi connectivity index (χ2n) is 4.35. The van der Waals surface area contributed by atoms with Crippen LogP contribution in [-0.4, -0.2) is 18.0 Å². The lowest BCUT2D eigenvalue weighted by Gasteiger charge is -2.20. The molecule has 2 bridgehead atoms. The third-order valence-electron chi connectivity index (χ3n) is 3.62. The average molecular weight is 178 g/mol. The van der Waals surface area contributed by atoms with E-state index in [0.717, 1.165) is 12.8 Å². The maximum absolute atomic E-state index is 11.8. The molecule has 0 spiro atoms. The minimum atomic E-state index is 0.126. The van der Waals surface area contributed by atoms with Crippen LogP contribution in [0.15, 0.2) is 12.2 Å². The first kappa shape index (κ1) is 7.74. The molecule has 1 aliphatic carbocycles. The smallest absolute Gasteiger partial charge is 0.139 e. The molecule has 0 aromatic rings. The number of ether oxygens (including phenoxy) is 1. The zero-order chi connectivity index (χ0) is 8.84. The van der Waals surface area contributed by atoms with Crippen molar-refractivity contribution >= 4 is 5.78 Å². The largest absolute Gasteiger partial charge is 0.366 e. The molecule has 1 saturated carbocycles. The standard InChI is InChI=1S/C11H14O2/c12-8-4-2-1-3-7-9-5-6-10(13-9)11(7)8/h5-7,9-11H,1-4H2. The van der Waals surface area contributed by atoms with E-state index in [1.54, 1.807) is 0 Å². The predicted molar refractivity (Wildman–Crippen MR) is 48.3 cm³/mol. The van der Waals surface area contributed by atoms with E-state index in [2.05, 4.69) is 12.2 Å². The van der Waals surface area contributed by atoms with Gasteiger partial charge < -0.3 is 4.74 Å². The molecule has 70 valence electrons. The number of hydrogen-bond donors (Lipinski definition) is 0. The minimum absolute atomic E-state index is 0.126. The molecule has 0 aromatic carbocycles. The number of Topliss-reactive ketones (excluding diaryl/α,β-unsaturated/α-hetero) is 1. The fourth-order valence-corrected chi connectivity index (χ4v) is 3.00. The Morgan fingerprint density at radius 1 is 1.23 bits per heavy atom. The summed E-state index contributed by atoms with van der Waals surface area (Å²) in [7, 11) is 0. The number of fused-ring (bicyclic) bond motifs is 5. The molecular weight excluding hydrogens is 164 g/mol. The molecule has 2 nitrogen and oxygen atoms in total. The van der Waals surface area contributed by atoms with E-state index in [4.69, 9.17) is 4.74 Å². The van der Waals surface area contributed by atoms with E-state index < -0.39 is 0 Å². The molecule has 13 heavy (non-hydrogen) atoms. The Balaban J connectivity index is 1.93. The molecule has 0 amide bonds. The third kappa shape index (κ3) is 1.01. The van der Waals surface area contributed by atoms with Gasteiger partial charge in [-0.2, -0.15) is 0 Å². The Labute approximate surface area is 78.0 Å². The van der Waals surface area contributed by atoms with Crippen LogP contribution in [0.4, 0.5) is 0 Å². The van der Waals surface area contributed by atoms with Crippen molar-refractivity contribution in [3.8, 4) is 0 Å². The summed E-state index contributed by atoms with van der Waals surface area (Å²) < 4.78 is 5.71. The summed E-state index contributed by atoms with van der Waals surface area (Å²) in [4.78, 5) is 11.8. The van der Waals surface area contributed by atoms with Gasteiger partial charge in [-0.3, -0.25) is 4.79 Å².